The van der Waals surface area contributed by atoms with Gasteiger partial charge in [-0.05, 0) is 41.5 Å². The molecule has 1 N–H and O–H groups in total. The zero-order valence-electron chi connectivity index (χ0n) is 18.2. The summed E-state index contributed by atoms with van der Waals surface area (Å²) in [5.74, 6) is -4.05. The van der Waals surface area contributed by atoms with Crippen molar-refractivity contribution in [3.8, 4) is 11.5 Å². The van der Waals surface area contributed by atoms with Gasteiger partial charge in [0.05, 0.1) is 6.04 Å². The number of aliphatic hydroxyl groups excluding tert-OH is 1. The Bertz CT molecular complexity index is 1440. The predicted octanol–water partition coefficient (Wildman–Crippen LogP) is 5.52. The second-order valence-corrected chi connectivity index (χ2v) is 8.16. The molecule has 1 aromatic heterocycles. The first-order valence-electron chi connectivity index (χ1n) is 10.7. The highest BCUT2D eigenvalue weighted by atomic mass is 19.3. The molecule has 0 radical (unpaired) electrons. The molecule has 2 atom stereocenters. The molecule has 1 aliphatic rings. The lowest BCUT2D eigenvalue weighted by molar-refractivity contribution is 0.0349. The fourth-order valence-electron chi connectivity index (χ4n) is 4.21. The Morgan fingerprint density at radius 2 is 1.64 bits per heavy atom. The van der Waals surface area contributed by atoms with Gasteiger partial charge >= 0.3 is 6.43 Å². The van der Waals surface area contributed by atoms with Crippen molar-refractivity contribution in [2.75, 3.05) is 0 Å². The average Bonchev–Trinajstić information content (AvgIpc) is 3.47. The van der Waals surface area contributed by atoms with Gasteiger partial charge in [0.1, 0.15) is 23.6 Å². The van der Waals surface area contributed by atoms with E-state index in [1.165, 1.54) is 29.2 Å². The van der Waals surface area contributed by atoms with Crippen LogP contribution in [0.15, 0.2) is 65.1 Å². The molecule has 3 aromatic carbocycles. The van der Waals surface area contributed by atoms with Gasteiger partial charge in [-0.3, -0.25) is 4.79 Å². The Morgan fingerprint density at radius 3 is 2.31 bits per heavy atom. The Morgan fingerprint density at radius 1 is 0.917 bits per heavy atom. The Hall–Kier alpha value is -4.12. The lowest BCUT2D eigenvalue weighted by Crippen LogP contribution is -2.34. The minimum absolute atomic E-state index is 0.0414. The molecule has 0 saturated carbocycles. The number of hydrogen-bond donors (Lipinski definition) is 1. The maximum atomic E-state index is 14.9. The molecule has 6 nitrogen and oxygen atoms in total. The topological polar surface area (TPSA) is 79.5 Å². The van der Waals surface area contributed by atoms with E-state index in [0.29, 0.717) is 11.6 Å². The lowest BCUT2D eigenvalue weighted by atomic mass is 9.94. The van der Waals surface area contributed by atoms with Crippen LogP contribution in [0, 0.1) is 17.5 Å². The monoisotopic (exact) mass is 501 g/mol. The highest BCUT2D eigenvalue weighted by molar-refractivity contribution is 5.99. The molecular formula is C25H16F5N3O3. The van der Waals surface area contributed by atoms with Crippen LogP contribution in [0.25, 0.3) is 11.5 Å². The lowest BCUT2D eigenvalue weighted by Gasteiger charge is -2.32. The van der Waals surface area contributed by atoms with E-state index in [-0.39, 0.29) is 34.7 Å². The van der Waals surface area contributed by atoms with Crippen LogP contribution in [0.5, 0.6) is 0 Å². The molecule has 0 unspecified atom stereocenters. The average molecular weight is 501 g/mol. The zero-order valence-corrected chi connectivity index (χ0v) is 18.2. The van der Waals surface area contributed by atoms with Crippen molar-refractivity contribution in [1.29, 1.82) is 0 Å². The number of carbonyl (C=O) groups excluding carboxylic acids is 1. The molecule has 5 rings (SSSR count). The van der Waals surface area contributed by atoms with Crippen LogP contribution in [0.3, 0.4) is 0 Å². The van der Waals surface area contributed by atoms with Gasteiger partial charge in [-0.1, -0.05) is 24.3 Å². The number of nitrogens with zero attached hydrogens (tertiary/aromatic N) is 3. The third kappa shape index (κ3) is 4.22. The molecule has 0 fully saturated rings. The normalized spacial score (nSPS) is 14.9. The minimum atomic E-state index is -2.96. The van der Waals surface area contributed by atoms with Gasteiger partial charge in [0.25, 0.3) is 11.8 Å². The fourth-order valence-corrected chi connectivity index (χ4v) is 4.21. The molecule has 0 aliphatic carbocycles. The summed E-state index contributed by atoms with van der Waals surface area (Å²) in [6.45, 7) is -0.0414. The van der Waals surface area contributed by atoms with Gasteiger partial charge in [0.15, 0.2) is 0 Å². The largest absolute Gasteiger partial charge is 0.415 e. The van der Waals surface area contributed by atoms with E-state index in [4.69, 9.17) is 4.42 Å². The van der Waals surface area contributed by atoms with Gasteiger partial charge < -0.3 is 14.4 Å². The first-order chi connectivity index (χ1) is 17.2. The number of aromatic nitrogens is 2. The number of benzene rings is 3. The third-order valence-corrected chi connectivity index (χ3v) is 5.94. The van der Waals surface area contributed by atoms with Crippen LogP contribution in [-0.2, 0) is 6.54 Å². The third-order valence-electron chi connectivity index (χ3n) is 5.94. The first-order valence-corrected chi connectivity index (χ1v) is 10.7. The molecule has 184 valence electrons. The highest BCUT2D eigenvalue weighted by Crippen LogP contribution is 2.41. The standard InChI is InChI=1S/C25H16F5N3O3/c26-15-5-3-12(4-6-15)21(34)20(17-8-7-16(27)10-19(17)28)33-11-14-2-1-13(9-18(14)25(33)35)23-31-32-24(36-23)22(29)30/h1-10,20-22,34H,11H2/t20-,21+/m1/s1. The van der Waals surface area contributed by atoms with E-state index in [1.807, 2.05) is 0 Å². The van der Waals surface area contributed by atoms with Gasteiger partial charge in [-0.25, -0.2) is 13.2 Å². The van der Waals surface area contributed by atoms with Crippen molar-refractivity contribution < 1.29 is 36.3 Å². The Balaban J connectivity index is 1.54. The number of halogens is 5. The van der Waals surface area contributed by atoms with Crippen LogP contribution in [0.2, 0.25) is 0 Å². The van der Waals surface area contributed by atoms with E-state index in [2.05, 4.69) is 10.2 Å². The van der Waals surface area contributed by atoms with Crippen LogP contribution in [0.4, 0.5) is 22.0 Å². The molecular weight excluding hydrogens is 485 g/mol. The molecule has 2 heterocycles. The molecule has 11 heteroatoms. The first kappa shape index (κ1) is 23.6. The summed E-state index contributed by atoms with van der Waals surface area (Å²) in [5.41, 5.74) is 0.944. The van der Waals surface area contributed by atoms with E-state index < -0.39 is 47.8 Å². The molecule has 36 heavy (non-hydrogen) atoms. The van der Waals surface area contributed by atoms with E-state index in [1.54, 1.807) is 6.07 Å². The zero-order chi connectivity index (χ0) is 25.6. The summed E-state index contributed by atoms with van der Waals surface area (Å²) in [6.07, 6.45) is -4.45. The number of rotatable bonds is 6. The maximum absolute atomic E-state index is 14.9. The molecule has 4 aromatic rings. The number of alkyl halides is 2. The molecule has 0 spiro atoms. The maximum Gasteiger partial charge on any atom is 0.314 e. The van der Waals surface area contributed by atoms with Crippen molar-refractivity contribution in [3.63, 3.8) is 0 Å². The highest BCUT2D eigenvalue weighted by Gasteiger charge is 2.39. The van der Waals surface area contributed by atoms with Crippen molar-refractivity contribution in [1.82, 2.24) is 15.1 Å². The van der Waals surface area contributed by atoms with Gasteiger partial charge in [0.2, 0.25) is 5.89 Å². The molecule has 0 saturated heterocycles. The second-order valence-electron chi connectivity index (χ2n) is 8.16. The van der Waals surface area contributed by atoms with Crippen molar-refractivity contribution in [2.45, 2.75) is 25.1 Å². The van der Waals surface area contributed by atoms with Crippen molar-refractivity contribution in [3.05, 3.63) is 106 Å². The van der Waals surface area contributed by atoms with Crippen LogP contribution in [-0.4, -0.2) is 26.1 Å². The minimum Gasteiger partial charge on any atom is -0.415 e. The Kier molecular flexibility index (Phi) is 6.00. The number of amides is 1. The SMILES string of the molecule is O=C1c2cc(-c3nnc(C(F)F)o3)ccc2CN1[C@H](c1ccc(F)cc1F)[C@@H](O)c1ccc(F)cc1. The smallest absolute Gasteiger partial charge is 0.314 e. The number of aliphatic hydroxyl groups is 1. The van der Waals surface area contributed by atoms with Gasteiger partial charge in [-0.2, -0.15) is 8.78 Å². The summed E-state index contributed by atoms with van der Waals surface area (Å²) >= 11 is 0. The van der Waals surface area contributed by atoms with Crippen LogP contribution in [0.1, 0.15) is 51.5 Å². The second kappa shape index (κ2) is 9.15. The van der Waals surface area contributed by atoms with Crippen LogP contribution >= 0.6 is 0 Å². The van der Waals surface area contributed by atoms with Gasteiger partial charge in [-0.15, -0.1) is 10.2 Å². The summed E-state index contributed by atoms with van der Waals surface area (Å²) in [5, 5.41) is 18.0. The number of fused-ring (bicyclic) bond motifs is 1. The van der Waals surface area contributed by atoms with Crippen molar-refractivity contribution >= 4 is 5.91 Å². The fraction of sp³-hybridized carbons (Fsp3) is 0.160. The summed E-state index contributed by atoms with van der Waals surface area (Å²) in [6, 6.07) is 10.7. The van der Waals surface area contributed by atoms with E-state index in [0.717, 1.165) is 24.3 Å². The molecule has 1 amide bonds. The quantitative estimate of drug-likeness (QED) is 0.352. The Labute approximate surface area is 200 Å². The number of hydrogen-bond acceptors (Lipinski definition) is 5. The predicted molar refractivity (Wildman–Crippen MR) is 115 cm³/mol. The van der Waals surface area contributed by atoms with Gasteiger partial charge in [0, 0.05) is 29.3 Å². The summed E-state index contributed by atoms with van der Waals surface area (Å²) < 4.78 is 72.5. The van der Waals surface area contributed by atoms with E-state index in [9.17, 15) is 31.9 Å². The summed E-state index contributed by atoms with van der Waals surface area (Å²) in [7, 11) is 0. The molecule has 1 aliphatic heterocycles. The van der Waals surface area contributed by atoms with Crippen LogP contribution < -0.4 is 0 Å². The molecule has 0 bridgehead atoms. The van der Waals surface area contributed by atoms with Crippen molar-refractivity contribution in [2.24, 2.45) is 0 Å². The summed E-state index contributed by atoms with van der Waals surface area (Å²) in [4.78, 5) is 14.7. The van der Waals surface area contributed by atoms with E-state index >= 15 is 0 Å². The number of carbonyl (C=O) groups is 1.